The van der Waals surface area contributed by atoms with Gasteiger partial charge in [0.25, 0.3) is 5.91 Å². The van der Waals surface area contributed by atoms with E-state index in [0.717, 1.165) is 22.1 Å². The van der Waals surface area contributed by atoms with Crippen molar-refractivity contribution < 1.29 is 9.21 Å². The van der Waals surface area contributed by atoms with Crippen LogP contribution in [0.2, 0.25) is 0 Å². The normalized spacial score (nSPS) is 13.9. The number of rotatable bonds is 2. The van der Waals surface area contributed by atoms with Crippen molar-refractivity contribution in [3.8, 4) is 6.07 Å². The van der Waals surface area contributed by atoms with Gasteiger partial charge in [-0.3, -0.25) is 4.79 Å². The van der Waals surface area contributed by atoms with Gasteiger partial charge in [0.2, 0.25) is 0 Å². The highest BCUT2D eigenvalue weighted by atomic mass is 79.9. The van der Waals surface area contributed by atoms with Crippen LogP contribution >= 0.6 is 15.9 Å². The van der Waals surface area contributed by atoms with Gasteiger partial charge in [0.15, 0.2) is 0 Å². The first-order chi connectivity index (χ1) is 10.2. The zero-order valence-corrected chi connectivity index (χ0v) is 12.6. The molecule has 1 aliphatic rings. The van der Waals surface area contributed by atoms with E-state index >= 15 is 0 Å². The lowest BCUT2D eigenvalue weighted by Gasteiger charge is -2.16. The molecule has 1 aliphatic heterocycles. The maximum atomic E-state index is 12.5. The zero-order chi connectivity index (χ0) is 14.8. The third kappa shape index (κ3) is 2.63. The number of hydrogen-bond acceptors (Lipinski definition) is 3. The van der Waals surface area contributed by atoms with Crippen molar-refractivity contribution >= 4 is 33.6 Å². The summed E-state index contributed by atoms with van der Waals surface area (Å²) in [5, 5.41) is 9.23. The van der Waals surface area contributed by atoms with Crippen LogP contribution in [0, 0.1) is 11.3 Å². The molecule has 0 saturated heterocycles. The lowest BCUT2D eigenvalue weighted by atomic mass is 10.1. The molecular formula is C16H11BrN2O2. The van der Waals surface area contributed by atoms with Crippen LogP contribution in [0.5, 0.6) is 0 Å². The summed E-state index contributed by atoms with van der Waals surface area (Å²) in [6, 6.07) is 11.2. The molecule has 0 N–H and O–H groups in total. The number of fused-ring (bicyclic) bond motifs is 1. The zero-order valence-electron chi connectivity index (χ0n) is 11.0. The largest absolute Gasteiger partial charge is 0.465 e. The number of hydrogen-bond donors (Lipinski definition) is 0. The number of anilines is 1. The summed E-state index contributed by atoms with van der Waals surface area (Å²) >= 11 is 3.42. The minimum atomic E-state index is -0.296. The molecule has 2 heterocycles. The molecule has 1 aromatic heterocycles. The molecule has 0 radical (unpaired) electrons. The van der Waals surface area contributed by atoms with Gasteiger partial charge in [-0.05, 0) is 42.3 Å². The molecule has 0 unspecified atom stereocenters. The van der Waals surface area contributed by atoms with E-state index in [1.807, 2.05) is 24.3 Å². The van der Waals surface area contributed by atoms with E-state index in [2.05, 4.69) is 15.9 Å². The van der Waals surface area contributed by atoms with E-state index in [9.17, 15) is 10.1 Å². The molecule has 0 atom stereocenters. The smallest absolute Gasteiger partial charge is 0.269 e. The predicted octanol–water partition coefficient (Wildman–Crippen LogP) is 3.54. The van der Waals surface area contributed by atoms with E-state index in [-0.39, 0.29) is 11.5 Å². The maximum absolute atomic E-state index is 12.5. The number of amides is 1. The summed E-state index contributed by atoms with van der Waals surface area (Å²) in [5.41, 5.74) is 2.04. The lowest BCUT2D eigenvalue weighted by Crippen LogP contribution is -2.29. The fourth-order valence-electron chi connectivity index (χ4n) is 2.38. The van der Waals surface area contributed by atoms with E-state index in [4.69, 9.17) is 4.42 Å². The van der Waals surface area contributed by atoms with Gasteiger partial charge < -0.3 is 9.32 Å². The Morgan fingerprint density at radius 2 is 2.29 bits per heavy atom. The predicted molar refractivity (Wildman–Crippen MR) is 82.5 cm³/mol. The Hall–Kier alpha value is -2.32. The Kier molecular flexibility index (Phi) is 3.63. The van der Waals surface area contributed by atoms with Gasteiger partial charge in [0.05, 0.1) is 6.26 Å². The fourth-order valence-corrected chi connectivity index (χ4v) is 2.79. The van der Waals surface area contributed by atoms with Crippen LogP contribution in [0.1, 0.15) is 11.3 Å². The lowest BCUT2D eigenvalue weighted by molar-refractivity contribution is -0.114. The average Bonchev–Trinajstić information content (AvgIpc) is 3.12. The van der Waals surface area contributed by atoms with Gasteiger partial charge in [-0.2, -0.15) is 5.26 Å². The molecule has 0 spiro atoms. The monoisotopic (exact) mass is 342 g/mol. The van der Waals surface area contributed by atoms with Crippen LogP contribution in [0.4, 0.5) is 5.69 Å². The topological polar surface area (TPSA) is 57.2 Å². The Bertz CT molecular complexity index is 757. The van der Waals surface area contributed by atoms with E-state index in [1.165, 1.54) is 12.3 Å². The number of furan rings is 1. The summed E-state index contributed by atoms with van der Waals surface area (Å²) in [4.78, 5) is 14.2. The number of benzene rings is 1. The van der Waals surface area contributed by atoms with E-state index in [0.29, 0.717) is 12.3 Å². The molecule has 4 nitrogen and oxygen atoms in total. The molecule has 0 bridgehead atoms. The Morgan fingerprint density at radius 3 is 3.00 bits per heavy atom. The summed E-state index contributed by atoms with van der Waals surface area (Å²) < 4.78 is 6.15. The molecular weight excluding hydrogens is 332 g/mol. The maximum Gasteiger partial charge on any atom is 0.269 e. The van der Waals surface area contributed by atoms with Gasteiger partial charge in [-0.1, -0.05) is 15.9 Å². The van der Waals surface area contributed by atoms with Gasteiger partial charge in [-0.25, -0.2) is 0 Å². The highest BCUT2D eigenvalue weighted by Crippen LogP contribution is 2.31. The number of nitriles is 1. The van der Waals surface area contributed by atoms with Crippen molar-refractivity contribution in [2.24, 2.45) is 0 Å². The molecule has 0 saturated carbocycles. The van der Waals surface area contributed by atoms with Gasteiger partial charge >= 0.3 is 0 Å². The Balaban J connectivity index is 1.92. The van der Waals surface area contributed by atoms with Crippen molar-refractivity contribution in [3.05, 3.63) is 58.0 Å². The Morgan fingerprint density at radius 1 is 1.43 bits per heavy atom. The highest BCUT2D eigenvalue weighted by Gasteiger charge is 2.27. The van der Waals surface area contributed by atoms with E-state index in [1.54, 1.807) is 17.0 Å². The number of halogens is 1. The molecule has 21 heavy (non-hydrogen) atoms. The average molecular weight is 343 g/mol. The minimum Gasteiger partial charge on any atom is -0.465 e. The van der Waals surface area contributed by atoms with Crippen LogP contribution < -0.4 is 4.90 Å². The second-order valence-electron chi connectivity index (χ2n) is 4.67. The number of carbonyl (C=O) groups is 1. The molecule has 0 fully saturated rings. The number of nitrogens with zero attached hydrogens (tertiary/aromatic N) is 2. The molecule has 1 aromatic carbocycles. The van der Waals surface area contributed by atoms with Crippen molar-refractivity contribution in [1.82, 2.24) is 0 Å². The first kappa shape index (κ1) is 13.7. The summed E-state index contributed by atoms with van der Waals surface area (Å²) in [6.45, 7) is 0.585. The summed E-state index contributed by atoms with van der Waals surface area (Å²) in [5.74, 6) is 0.199. The van der Waals surface area contributed by atoms with Crippen molar-refractivity contribution in [1.29, 1.82) is 5.26 Å². The van der Waals surface area contributed by atoms with Crippen molar-refractivity contribution in [3.63, 3.8) is 0 Å². The molecule has 2 aromatic rings. The second-order valence-corrected chi connectivity index (χ2v) is 5.58. The Labute approximate surface area is 130 Å². The van der Waals surface area contributed by atoms with Gasteiger partial charge in [-0.15, -0.1) is 0 Å². The van der Waals surface area contributed by atoms with Gasteiger partial charge in [0, 0.05) is 22.8 Å². The van der Waals surface area contributed by atoms with Crippen LogP contribution in [0.15, 0.2) is 51.1 Å². The van der Waals surface area contributed by atoms with Crippen molar-refractivity contribution in [2.45, 2.75) is 6.42 Å². The summed E-state index contributed by atoms with van der Waals surface area (Å²) in [6.07, 6.45) is 3.77. The molecule has 1 amide bonds. The molecule has 5 heteroatoms. The standard InChI is InChI=1S/C16H11BrN2O2/c17-13-3-4-15-11(8-13)5-6-19(15)16(20)12(10-18)9-14-2-1-7-21-14/h1-4,7-9H,5-6H2/b12-9+. The first-order valence-electron chi connectivity index (χ1n) is 6.44. The molecule has 3 rings (SSSR count). The van der Waals surface area contributed by atoms with E-state index < -0.39 is 0 Å². The highest BCUT2D eigenvalue weighted by molar-refractivity contribution is 9.10. The van der Waals surface area contributed by atoms with Crippen LogP contribution in [-0.4, -0.2) is 12.5 Å². The van der Waals surface area contributed by atoms with Crippen molar-refractivity contribution in [2.75, 3.05) is 11.4 Å². The third-order valence-electron chi connectivity index (χ3n) is 3.36. The SMILES string of the molecule is N#C/C(=C\c1ccco1)C(=O)N1CCc2cc(Br)ccc21. The molecule has 0 aliphatic carbocycles. The number of carbonyl (C=O) groups excluding carboxylic acids is 1. The van der Waals surface area contributed by atoms with Crippen LogP contribution in [-0.2, 0) is 11.2 Å². The summed E-state index contributed by atoms with van der Waals surface area (Å²) in [7, 11) is 0. The van der Waals surface area contributed by atoms with Crippen LogP contribution in [0.3, 0.4) is 0 Å². The fraction of sp³-hybridized carbons (Fsp3) is 0.125. The third-order valence-corrected chi connectivity index (χ3v) is 3.86. The quantitative estimate of drug-likeness (QED) is 0.619. The van der Waals surface area contributed by atoms with Gasteiger partial charge in [0.1, 0.15) is 17.4 Å². The first-order valence-corrected chi connectivity index (χ1v) is 7.24. The second kappa shape index (κ2) is 5.58. The minimum absolute atomic E-state index is 0.0701. The molecule has 104 valence electrons. The van der Waals surface area contributed by atoms with Crippen LogP contribution in [0.25, 0.3) is 6.08 Å².